The van der Waals surface area contributed by atoms with Gasteiger partial charge in [0.2, 0.25) is 0 Å². The number of carbonyl (C=O) groups is 1. The number of nitrogens with zero attached hydrogens (tertiary/aromatic N) is 4. The summed E-state index contributed by atoms with van der Waals surface area (Å²) in [6.07, 6.45) is 7.16. The van der Waals surface area contributed by atoms with Crippen molar-refractivity contribution in [3.05, 3.63) is 77.1 Å². The molecule has 0 aliphatic rings. The maximum absolute atomic E-state index is 12.4. The Bertz CT molecular complexity index is 1020. The highest BCUT2D eigenvalue weighted by Crippen LogP contribution is 2.22. The Labute approximate surface area is 148 Å². The SMILES string of the molecule is Cc1c(C(=O)OCc2nccn2Cc2ccccc2)sc2nccn12. The molecule has 0 fully saturated rings. The first-order valence-corrected chi connectivity index (χ1v) is 8.67. The second kappa shape index (κ2) is 6.52. The summed E-state index contributed by atoms with van der Waals surface area (Å²) in [5, 5.41) is 0. The number of hydrogen-bond donors (Lipinski definition) is 0. The van der Waals surface area contributed by atoms with Gasteiger partial charge in [-0.3, -0.25) is 4.40 Å². The van der Waals surface area contributed by atoms with E-state index in [1.807, 2.05) is 46.5 Å². The van der Waals surface area contributed by atoms with Crippen LogP contribution in [0.1, 0.15) is 26.8 Å². The monoisotopic (exact) mass is 352 g/mol. The highest BCUT2D eigenvalue weighted by atomic mass is 32.1. The van der Waals surface area contributed by atoms with Crippen molar-refractivity contribution >= 4 is 22.3 Å². The molecule has 4 rings (SSSR count). The van der Waals surface area contributed by atoms with E-state index in [0.717, 1.165) is 16.5 Å². The van der Waals surface area contributed by atoms with E-state index in [9.17, 15) is 4.79 Å². The normalized spacial score (nSPS) is 11.1. The number of fused-ring (bicyclic) bond motifs is 1. The maximum Gasteiger partial charge on any atom is 0.350 e. The van der Waals surface area contributed by atoms with E-state index in [1.165, 1.54) is 16.9 Å². The van der Waals surface area contributed by atoms with Crippen molar-refractivity contribution in [3.8, 4) is 0 Å². The third-order valence-corrected chi connectivity index (χ3v) is 5.16. The number of thiazole rings is 1. The number of hydrogen-bond acceptors (Lipinski definition) is 5. The average molecular weight is 352 g/mol. The quantitative estimate of drug-likeness (QED) is 0.517. The minimum absolute atomic E-state index is 0.137. The van der Waals surface area contributed by atoms with Crippen molar-refractivity contribution < 1.29 is 9.53 Å². The Morgan fingerprint density at radius 3 is 2.76 bits per heavy atom. The van der Waals surface area contributed by atoms with Crippen LogP contribution in [-0.4, -0.2) is 24.9 Å². The van der Waals surface area contributed by atoms with Crippen molar-refractivity contribution in [1.29, 1.82) is 0 Å². The molecule has 0 bridgehead atoms. The zero-order valence-electron chi connectivity index (χ0n) is 13.6. The second-order valence-corrected chi connectivity index (χ2v) is 6.61. The second-order valence-electron chi connectivity index (χ2n) is 5.63. The topological polar surface area (TPSA) is 61.4 Å². The fourth-order valence-electron chi connectivity index (χ4n) is 2.68. The van der Waals surface area contributed by atoms with E-state index in [0.29, 0.717) is 11.4 Å². The van der Waals surface area contributed by atoms with E-state index in [1.54, 1.807) is 12.4 Å². The van der Waals surface area contributed by atoms with Gasteiger partial charge in [0, 0.05) is 37.0 Å². The summed E-state index contributed by atoms with van der Waals surface area (Å²) in [6, 6.07) is 10.1. The van der Waals surface area contributed by atoms with Crippen LogP contribution in [0.5, 0.6) is 0 Å². The first-order chi connectivity index (χ1) is 12.2. The molecule has 0 unspecified atom stereocenters. The van der Waals surface area contributed by atoms with E-state index < -0.39 is 0 Å². The summed E-state index contributed by atoms with van der Waals surface area (Å²) >= 11 is 1.33. The van der Waals surface area contributed by atoms with Crippen LogP contribution in [0, 0.1) is 6.92 Å². The van der Waals surface area contributed by atoms with Crippen molar-refractivity contribution in [2.75, 3.05) is 0 Å². The Morgan fingerprint density at radius 1 is 1.16 bits per heavy atom. The number of aromatic nitrogens is 4. The zero-order chi connectivity index (χ0) is 17.2. The van der Waals surface area contributed by atoms with Crippen LogP contribution in [-0.2, 0) is 17.9 Å². The largest absolute Gasteiger partial charge is 0.453 e. The third-order valence-electron chi connectivity index (χ3n) is 4.01. The first kappa shape index (κ1) is 15.6. The number of rotatable bonds is 5. The third kappa shape index (κ3) is 3.06. The van der Waals surface area contributed by atoms with Crippen molar-refractivity contribution in [1.82, 2.24) is 18.9 Å². The van der Waals surface area contributed by atoms with E-state index >= 15 is 0 Å². The van der Waals surface area contributed by atoms with Crippen molar-refractivity contribution in [3.63, 3.8) is 0 Å². The molecule has 0 atom stereocenters. The van der Waals surface area contributed by atoms with Gasteiger partial charge < -0.3 is 9.30 Å². The summed E-state index contributed by atoms with van der Waals surface area (Å²) in [5.74, 6) is 0.374. The maximum atomic E-state index is 12.4. The fourth-order valence-corrected chi connectivity index (χ4v) is 3.66. The van der Waals surface area contributed by atoms with E-state index in [4.69, 9.17) is 4.74 Å². The molecule has 0 saturated carbocycles. The van der Waals surface area contributed by atoms with Crippen molar-refractivity contribution in [2.24, 2.45) is 0 Å². The minimum atomic E-state index is -0.345. The molecule has 0 amide bonds. The first-order valence-electron chi connectivity index (χ1n) is 7.86. The number of esters is 1. The Hall–Kier alpha value is -2.93. The standard InChI is InChI=1S/C18H16N4O2S/c1-13-16(25-18-20-8-10-22(13)18)17(23)24-12-15-19-7-9-21(15)11-14-5-3-2-4-6-14/h2-10H,11-12H2,1H3. The summed E-state index contributed by atoms with van der Waals surface area (Å²) in [4.78, 5) is 22.3. The lowest BCUT2D eigenvalue weighted by Crippen LogP contribution is -2.10. The van der Waals surface area contributed by atoms with Crippen molar-refractivity contribution in [2.45, 2.75) is 20.1 Å². The van der Waals surface area contributed by atoms with Gasteiger partial charge in [0.25, 0.3) is 0 Å². The van der Waals surface area contributed by atoms with Gasteiger partial charge in [-0.1, -0.05) is 41.7 Å². The number of imidazole rings is 2. The molecule has 0 aliphatic carbocycles. The van der Waals surface area contributed by atoms with Gasteiger partial charge in [0.1, 0.15) is 17.3 Å². The highest BCUT2D eigenvalue weighted by Gasteiger charge is 2.18. The van der Waals surface area contributed by atoms with Crippen LogP contribution in [0.3, 0.4) is 0 Å². The molecule has 3 aromatic heterocycles. The number of carbonyl (C=O) groups excluding carboxylic acids is 1. The molecule has 1 aromatic carbocycles. The van der Waals surface area contributed by atoms with Gasteiger partial charge in [0.15, 0.2) is 4.96 Å². The smallest absolute Gasteiger partial charge is 0.350 e. The van der Waals surface area contributed by atoms with Crippen LogP contribution < -0.4 is 0 Å². The molecule has 0 N–H and O–H groups in total. The van der Waals surface area contributed by atoms with Crippen LogP contribution in [0.4, 0.5) is 0 Å². The number of aryl methyl sites for hydroxylation is 1. The zero-order valence-corrected chi connectivity index (χ0v) is 14.4. The number of benzene rings is 1. The van der Waals surface area contributed by atoms with Gasteiger partial charge in [-0.25, -0.2) is 14.8 Å². The molecule has 6 nitrogen and oxygen atoms in total. The molecule has 25 heavy (non-hydrogen) atoms. The van der Waals surface area contributed by atoms with Gasteiger partial charge in [0.05, 0.1) is 0 Å². The predicted octanol–water partition coefficient (Wildman–Crippen LogP) is 3.31. The predicted molar refractivity (Wildman–Crippen MR) is 94.7 cm³/mol. The molecular weight excluding hydrogens is 336 g/mol. The molecule has 4 aromatic rings. The molecule has 0 aliphatic heterocycles. The van der Waals surface area contributed by atoms with Gasteiger partial charge in [-0.15, -0.1) is 0 Å². The molecule has 0 saturated heterocycles. The van der Waals surface area contributed by atoms with Gasteiger partial charge >= 0.3 is 5.97 Å². The van der Waals surface area contributed by atoms with Crippen LogP contribution in [0.15, 0.2) is 55.1 Å². The summed E-state index contributed by atoms with van der Waals surface area (Å²) in [5.41, 5.74) is 2.01. The lowest BCUT2D eigenvalue weighted by atomic mass is 10.2. The molecule has 3 heterocycles. The van der Waals surface area contributed by atoms with Gasteiger partial charge in [-0.05, 0) is 12.5 Å². The Morgan fingerprint density at radius 2 is 1.96 bits per heavy atom. The van der Waals surface area contributed by atoms with Crippen LogP contribution >= 0.6 is 11.3 Å². The van der Waals surface area contributed by atoms with E-state index in [2.05, 4.69) is 22.1 Å². The Balaban J connectivity index is 1.46. The molecule has 0 spiro atoms. The minimum Gasteiger partial charge on any atom is -0.453 e. The van der Waals surface area contributed by atoms with E-state index in [-0.39, 0.29) is 12.6 Å². The number of ether oxygens (including phenoxy) is 1. The summed E-state index contributed by atoms with van der Waals surface area (Å²) in [6.45, 7) is 2.72. The lowest BCUT2D eigenvalue weighted by Gasteiger charge is -2.08. The summed E-state index contributed by atoms with van der Waals surface area (Å²) < 4.78 is 9.35. The van der Waals surface area contributed by atoms with Gasteiger partial charge in [-0.2, -0.15) is 0 Å². The summed E-state index contributed by atoms with van der Waals surface area (Å²) in [7, 11) is 0. The van der Waals surface area contributed by atoms with Crippen LogP contribution in [0.2, 0.25) is 0 Å². The van der Waals surface area contributed by atoms with Crippen LogP contribution in [0.25, 0.3) is 4.96 Å². The molecule has 126 valence electrons. The average Bonchev–Trinajstić information content (AvgIpc) is 3.32. The highest BCUT2D eigenvalue weighted by molar-refractivity contribution is 7.19. The molecule has 7 heteroatoms. The lowest BCUT2D eigenvalue weighted by molar-refractivity contribution is 0.0463. The molecule has 0 radical (unpaired) electrons. The molecular formula is C18H16N4O2S. The Kier molecular flexibility index (Phi) is 4.07. The fraction of sp³-hybridized carbons (Fsp3) is 0.167.